The van der Waals surface area contributed by atoms with Crippen molar-refractivity contribution in [2.75, 3.05) is 10.8 Å². The van der Waals surface area contributed by atoms with Crippen LogP contribution in [-0.2, 0) is 16.4 Å². The van der Waals surface area contributed by atoms with Crippen LogP contribution in [0.2, 0.25) is 0 Å². The highest BCUT2D eigenvalue weighted by atomic mass is 32.2. The van der Waals surface area contributed by atoms with E-state index in [1.165, 1.54) is 28.1 Å². The molecule has 0 saturated heterocycles. The molecule has 0 aliphatic rings. The lowest BCUT2D eigenvalue weighted by Gasteiger charge is -2.23. The molecule has 0 aromatic heterocycles. The third-order valence-corrected chi connectivity index (χ3v) is 7.06. The Morgan fingerprint density at radius 2 is 1.47 bits per heavy atom. The first-order chi connectivity index (χ1) is 14.3. The van der Waals surface area contributed by atoms with Gasteiger partial charge in [-0.3, -0.25) is 4.31 Å². The summed E-state index contributed by atoms with van der Waals surface area (Å²) in [6.07, 6.45) is 0.977. The van der Waals surface area contributed by atoms with Crippen molar-refractivity contribution in [2.45, 2.75) is 32.1 Å². The molecule has 3 rings (SSSR count). The van der Waals surface area contributed by atoms with E-state index in [9.17, 15) is 18.3 Å². The van der Waals surface area contributed by atoms with Crippen molar-refractivity contribution in [2.24, 2.45) is 0 Å². The zero-order valence-corrected chi connectivity index (χ0v) is 18.1. The minimum absolute atomic E-state index is 0.0157. The van der Waals surface area contributed by atoms with E-state index >= 15 is 0 Å². The number of carbonyl (C=O) groups is 1. The van der Waals surface area contributed by atoms with Crippen molar-refractivity contribution in [3.63, 3.8) is 0 Å². The van der Waals surface area contributed by atoms with E-state index in [0.29, 0.717) is 11.3 Å². The molecule has 0 fully saturated rings. The number of aryl methyl sites for hydroxylation is 2. The molecule has 156 valence electrons. The Bertz CT molecular complexity index is 1150. The topological polar surface area (TPSA) is 74.7 Å². The molecule has 6 heteroatoms. The quantitative estimate of drug-likeness (QED) is 0.571. The number of aromatic carboxylic acids is 1. The Balaban J connectivity index is 1.95. The average Bonchev–Trinajstić information content (AvgIpc) is 2.74. The van der Waals surface area contributed by atoms with Gasteiger partial charge < -0.3 is 5.11 Å². The molecule has 0 unspecified atom stereocenters. The van der Waals surface area contributed by atoms with Gasteiger partial charge in [-0.05, 0) is 66.8 Å². The fourth-order valence-corrected chi connectivity index (χ4v) is 4.86. The third-order valence-electron chi connectivity index (χ3n) is 5.17. The number of carboxylic acids is 1. The highest BCUT2D eigenvalue weighted by Gasteiger charge is 2.25. The van der Waals surface area contributed by atoms with Crippen molar-refractivity contribution in [1.29, 1.82) is 0 Å². The lowest BCUT2D eigenvalue weighted by atomic mass is 10.0. The zero-order chi connectivity index (χ0) is 21.9. The first kappa shape index (κ1) is 21.6. The van der Waals surface area contributed by atoms with Crippen LogP contribution in [0.3, 0.4) is 0 Å². The number of rotatable bonds is 7. The fourth-order valence-electron chi connectivity index (χ4n) is 3.36. The van der Waals surface area contributed by atoms with Crippen LogP contribution in [0.5, 0.6) is 0 Å². The molecule has 0 spiro atoms. The Kier molecular flexibility index (Phi) is 6.27. The van der Waals surface area contributed by atoms with Gasteiger partial charge in [0.05, 0.1) is 16.1 Å². The van der Waals surface area contributed by atoms with Gasteiger partial charge in [0.15, 0.2) is 0 Å². The van der Waals surface area contributed by atoms with Crippen LogP contribution >= 0.6 is 0 Å². The second-order valence-corrected chi connectivity index (χ2v) is 8.91. The summed E-state index contributed by atoms with van der Waals surface area (Å²) in [5.41, 5.74) is 4.36. The molecular weight excluding hydrogens is 398 g/mol. The zero-order valence-electron chi connectivity index (χ0n) is 17.3. The second kappa shape index (κ2) is 8.71. The summed E-state index contributed by atoms with van der Waals surface area (Å²) >= 11 is 0. The minimum atomic E-state index is -3.89. The number of sulfonamides is 1. The summed E-state index contributed by atoms with van der Waals surface area (Å²) in [5.74, 6) is -1.15. The van der Waals surface area contributed by atoms with Gasteiger partial charge in [0.1, 0.15) is 0 Å². The normalized spacial score (nSPS) is 11.3. The van der Waals surface area contributed by atoms with Crippen molar-refractivity contribution < 1.29 is 18.3 Å². The van der Waals surface area contributed by atoms with Crippen LogP contribution < -0.4 is 4.31 Å². The van der Waals surface area contributed by atoms with Crippen LogP contribution in [0.1, 0.15) is 35.3 Å². The molecule has 0 amide bonds. The van der Waals surface area contributed by atoms with E-state index in [0.717, 1.165) is 17.5 Å². The Morgan fingerprint density at radius 3 is 1.97 bits per heavy atom. The maximum atomic E-state index is 13.2. The number of benzene rings is 3. The van der Waals surface area contributed by atoms with Gasteiger partial charge >= 0.3 is 5.97 Å². The van der Waals surface area contributed by atoms with Crippen LogP contribution in [0, 0.1) is 6.92 Å². The third kappa shape index (κ3) is 4.24. The van der Waals surface area contributed by atoms with Crippen LogP contribution in [0.15, 0.2) is 71.6 Å². The molecule has 3 aromatic rings. The van der Waals surface area contributed by atoms with E-state index in [1.807, 2.05) is 12.1 Å². The van der Waals surface area contributed by atoms with Gasteiger partial charge in [-0.25, -0.2) is 13.2 Å². The van der Waals surface area contributed by atoms with E-state index < -0.39 is 16.0 Å². The van der Waals surface area contributed by atoms with Crippen LogP contribution in [0.25, 0.3) is 11.1 Å². The maximum Gasteiger partial charge on any atom is 0.335 e. The molecule has 0 aliphatic carbocycles. The average molecular weight is 424 g/mol. The highest BCUT2D eigenvalue weighted by molar-refractivity contribution is 7.92. The van der Waals surface area contributed by atoms with Gasteiger partial charge in [0, 0.05) is 6.54 Å². The van der Waals surface area contributed by atoms with Crippen molar-refractivity contribution in [3.05, 3.63) is 83.4 Å². The van der Waals surface area contributed by atoms with Crippen LogP contribution in [0.4, 0.5) is 5.69 Å². The van der Waals surface area contributed by atoms with Gasteiger partial charge in [-0.2, -0.15) is 0 Å². The Labute approximate surface area is 177 Å². The van der Waals surface area contributed by atoms with Gasteiger partial charge in [-0.15, -0.1) is 0 Å². The lowest BCUT2D eigenvalue weighted by Crippen LogP contribution is -2.31. The van der Waals surface area contributed by atoms with E-state index in [2.05, 4.69) is 31.2 Å². The van der Waals surface area contributed by atoms with Crippen molar-refractivity contribution >= 4 is 21.7 Å². The molecule has 0 aliphatic heterocycles. The number of hydrogen-bond acceptors (Lipinski definition) is 3. The molecule has 1 N–H and O–H groups in total. The summed E-state index contributed by atoms with van der Waals surface area (Å²) in [5, 5.41) is 9.33. The predicted octanol–water partition coefficient (Wildman–Crippen LogP) is 5.14. The largest absolute Gasteiger partial charge is 0.478 e. The number of carboxylic acid groups (broad SMARTS) is 1. The molecule has 0 radical (unpaired) electrons. The van der Waals surface area contributed by atoms with E-state index in [4.69, 9.17) is 0 Å². The Hall–Kier alpha value is -3.12. The van der Waals surface area contributed by atoms with Gasteiger partial charge in [-0.1, -0.05) is 49.4 Å². The first-order valence-electron chi connectivity index (χ1n) is 9.84. The number of hydrogen-bond donors (Lipinski definition) is 1. The number of anilines is 1. The summed E-state index contributed by atoms with van der Waals surface area (Å²) in [4.78, 5) is 11.4. The standard InChI is InChI=1S/C24H25NO4S/c1-4-18-7-9-19(10-8-18)20-11-13-21(14-12-20)25(5-2)30(28,29)22-15-6-17(3)23(16-22)24(26)27/h6-16H,4-5H2,1-3H3,(H,26,27). The molecular formula is C24H25NO4S. The summed E-state index contributed by atoms with van der Waals surface area (Å²) in [6.45, 7) is 5.73. The van der Waals surface area contributed by atoms with E-state index in [1.54, 1.807) is 26.0 Å². The van der Waals surface area contributed by atoms with Gasteiger partial charge in [0.2, 0.25) is 0 Å². The molecule has 3 aromatic carbocycles. The minimum Gasteiger partial charge on any atom is -0.478 e. The summed E-state index contributed by atoms with van der Waals surface area (Å²) in [7, 11) is -3.89. The SMILES string of the molecule is CCc1ccc(-c2ccc(N(CC)S(=O)(=O)c3ccc(C)c(C(=O)O)c3)cc2)cc1. The molecule has 0 heterocycles. The van der Waals surface area contributed by atoms with Crippen LogP contribution in [-0.4, -0.2) is 26.0 Å². The molecule has 0 atom stereocenters. The maximum absolute atomic E-state index is 13.2. The summed E-state index contributed by atoms with van der Waals surface area (Å²) in [6, 6.07) is 19.8. The Morgan fingerprint density at radius 1 is 0.900 bits per heavy atom. The second-order valence-electron chi connectivity index (χ2n) is 7.05. The highest BCUT2D eigenvalue weighted by Crippen LogP contribution is 2.28. The van der Waals surface area contributed by atoms with Crippen molar-refractivity contribution in [1.82, 2.24) is 0 Å². The smallest absolute Gasteiger partial charge is 0.335 e. The lowest BCUT2D eigenvalue weighted by molar-refractivity contribution is 0.0696. The monoisotopic (exact) mass is 423 g/mol. The molecule has 30 heavy (non-hydrogen) atoms. The molecule has 0 saturated carbocycles. The van der Waals surface area contributed by atoms with Gasteiger partial charge in [0.25, 0.3) is 10.0 Å². The first-order valence-corrected chi connectivity index (χ1v) is 11.3. The number of nitrogens with zero attached hydrogens (tertiary/aromatic N) is 1. The molecule has 5 nitrogen and oxygen atoms in total. The van der Waals surface area contributed by atoms with Crippen molar-refractivity contribution in [3.8, 4) is 11.1 Å². The van der Waals surface area contributed by atoms with E-state index in [-0.39, 0.29) is 17.0 Å². The summed E-state index contributed by atoms with van der Waals surface area (Å²) < 4.78 is 27.7. The fraction of sp³-hybridized carbons (Fsp3) is 0.208. The predicted molar refractivity (Wildman–Crippen MR) is 120 cm³/mol. The molecule has 0 bridgehead atoms.